The normalized spacial score (nSPS) is 40.2. The monoisotopic (exact) mass is 164 g/mol. The molecule has 2 nitrogen and oxygen atoms in total. The van der Waals surface area contributed by atoms with Crippen LogP contribution in [0.25, 0.3) is 0 Å². The van der Waals surface area contributed by atoms with Crippen LogP contribution in [-0.2, 0) is 9.59 Å². The fraction of sp³-hybridized carbons (Fsp3) is 0.600. The molecule has 0 amide bonds. The minimum atomic E-state index is -0.355. The second-order valence-corrected chi connectivity index (χ2v) is 3.99. The van der Waals surface area contributed by atoms with Crippen molar-refractivity contribution in [3.8, 4) is 0 Å². The summed E-state index contributed by atoms with van der Waals surface area (Å²) in [4.78, 5) is 22.6. The number of rotatable bonds is 0. The molecule has 2 heteroatoms. The van der Waals surface area contributed by atoms with E-state index in [2.05, 4.69) is 0 Å². The molecule has 0 radical (unpaired) electrons. The molecule has 12 heavy (non-hydrogen) atoms. The lowest BCUT2D eigenvalue weighted by Gasteiger charge is -2.29. The van der Waals surface area contributed by atoms with Crippen LogP contribution < -0.4 is 0 Å². The van der Waals surface area contributed by atoms with E-state index in [4.69, 9.17) is 0 Å². The molecular formula is C10H12O2. The largest absolute Gasteiger partial charge is 0.299 e. The minimum absolute atomic E-state index is 0.101. The first-order valence-corrected chi connectivity index (χ1v) is 4.37. The predicted molar refractivity (Wildman–Crippen MR) is 44.6 cm³/mol. The van der Waals surface area contributed by atoms with Gasteiger partial charge in [0.25, 0.3) is 0 Å². The summed E-state index contributed by atoms with van der Waals surface area (Å²) in [5.41, 5.74) is -0.355. The summed E-state index contributed by atoms with van der Waals surface area (Å²) in [6.07, 6.45) is 5.55. The summed E-state index contributed by atoms with van der Waals surface area (Å²) < 4.78 is 0. The molecule has 1 fully saturated rings. The van der Waals surface area contributed by atoms with Gasteiger partial charge in [0.1, 0.15) is 5.78 Å². The third-order valence-electron chi connectivity index (χ3n) is 3.19. The van der Waals surface area contributed by atoms with Gasteiger partial charge in [-0.2, -0.15) is 0 Å². The average Bonchev–Trinajstić information content (AvgIpc) is 2.28. The molecule has 0 bridgehead atoms. The summed E-state index contributed by atoms with van der Waals surface area (Å²) in [7, 11) is 0. The Morgan fingerprint density at radius 2 is 2.25 bits per heavy atom. The van der Waals surface area contributed by atoms with E-state index in [0.29, 0.717) is 18.8 Å². The quantitative estimate of drug-likeness (QED) is 0.543. The van der Waals surface area contributed by atoms with Crippen molar-refractivity contribution in [2.24, 2.45) is 11.3 Å². The van der Waals surface area contributed by atoms with Crippen LogP contribution in [0, 0.1) is 11.3 Å². The first-order valence-electron chi connectivity index (χ1n) is 4.37. The number of allylic oxidation sites excluding steroid dienone is 2. The Kier molecular flexibility index (Phi) is 1.47. The van der Waals surface area contributed by atoms with Crippen LogP contribution in [0.5, 0.6) is 0 Å². The Labute approximate surface area is 71.6 Å². The molecule has 2 aliphatic rings. The third kappa shape index (κ3) is 0.872. The van der Waals surface area contributed by atoms with Gasteiger partial charge < -0.3 is 0 Å². The van der Waals surface area contributed by atoms with E-state index in [1.54, 1.807) is 6.08 Å². The minimum Gasteiger partial charge on any atom is -0.299 e. The molecule has 0 aromatic heterocycles. The first kappa shape index (κ1) is 7.71. The van der Waals surface area contributed by atoms with Gasteiger partial charge in [-0.1, -0.05) is 13.0 Å². The molecule has 2 aliphatic carbocycles. The van der Waals surface area contributed by atoms with Crippen LogP contribution in [-0.4, -0.2) is 11.6 Å². The number of Topliss-reactive ketones (excluding diaryl/α,β-unsaturated/α-hetero) is 1. The second-order valence-electron chi connectivity index (χ2n) is 3.99. The Morgan fingerprint density at radius 1 is 1.50 bits per heavy atom. The predicted octanol–water partition coefficient (Wildman–Crippen LogP) is 1.50. The highest BCUT2D eigenvalue weighted by Gasteiger charge is 2.47. The zero-order chi connectivity index (χ0) is 8.77. The number of carbonyl (C=O) groups is 2. The van der Waals surface area contributed by atoms with Crippen molar-refractivity contribution < 1.29 is 9.59 Å². The Balaban J connectivity index is 2.38. The van der Waals surface area contributed by atoms with E-state index in [9.17, 15) is 9.59 Å². The maximum Gasteiger partial charge on any atom is 0.156 e. The second kappa shape index (κ2) is 2.28. The van der Waals surface area contributed by atoms with Crippen LogP contribution in [0.1, 0.15) is 26.2 Å². The fourth-order valence-corrected chi connectivity index (χ4v) is 2.28. The molecule has 0 heterocycles. The standard InChI is InChI=1S/C10H12O2/c1-10-6-8(11)4-2-7(10)3-5-9(10)12/h2,4,7H,3,5-6H2,1H3/t7-,10+/m0/s1. The van der Waals surface area contributed by atoms with Gasteiger partial charge in [-0.05, 0) is 18.4 Å². The Bertz CT molecular complexity index is 278. The van der Waals surface area contributed by atoms with E-state index in [-0.39, 0.29) is 17.0 Å². The number of carbonyl (C=O) groups excluding carboxylic acids is 2. The van der Waals surface area contributed by atoms with Crippen molar-refractivity contribution >= 4 is 11.6 Å². The van der Waals surface area contributed by atoms with E-state index in [1.807, 2.05) is 13.0 Å². The van der Waals surface area contributed by atoms with Gasteiger partial charge in [-0.25, -0.2) is 0 Å². The molecule has 2 atom stereocenters. The zero-order valence-electron chi connectivity index (χ0n) is 7.17. The van der Waals surface area contributed by atoms with Gasteiger partial charge in [-0.15, -0.1) is 0 Å². The zero-order valence-corrected chi connectivity index (χ0v) is 7.17. The van der Waals surface area contributed by atoms with Gasteiger partial charge in [0.2, 0.25) is 0 Å². The van der Waals surface area contributed by atoms with Gasteiger partial charge >= 0.3 is 0 Å². The summed E-state index contributed by atoms with van der Waals surface area (Å²) in [6.45, 7) is 1.92. The number of hydrogen-bond acceptors (Lipinski definition) is 2. The lowest BCUT2D eigenvalue weighted by atomic mass is 9.72. The van der Waals surface area contributed by atoms with Gasteiger partial charge in [0.15, 0.2) is 5.78 Å². The molecule has 0 aliphatic heterocycles. The summed E-state index contributed by atoms with van der Waals surface area (Å²) in [5.74, 6) is 0.692. The van der Waals surface area contributed by atoms with Crippen LogP contribution in [0.3, 0.4) is 0 Å². The summed E-state index contributed by atoms with van der Waals surface area (Å²) in [5, 5.41) is 0. The van der Waals surface area contributed by atoms with Crippen molar-refractivity contribution in [3.05, 3.63) is 12.2 Å². The Hall–Kier alpha value is -0.920. The molecule has 0 unspecified atom stereocenters. The molecule has 0 aromatic carbocycles. The smallest absolute Gasteiger partial charge is 0.156 e. The Morgan fingerprint density at radius 3 is 3.00 bits per heavy atom. The van der Waals surface area contributed by atoms with E-state index in [0.717, 1.165) is 6.42 Å². The van der Waals surface area contributed by atoms with Gasteiger partial charge in [-0.3, -0.25) is 9.59 Å². The molecule has 2 rings (SSSR count). The lowest BCUT2D eigenvalue weighted by molar-refractivity contribution is -0.130. The van der Waals surface area contributed by atoms with Crippen LogP contribution >= 0.6 is 0 Å². The van der Waals surface area contributed by atoms with Crippen molar-refractivity contribution in [3.63, 3.8) is 0 Å². The molecule has 64 valence electrons. The summed E-state index contributed by atoms with van der Waals surface area (Å²) >= 11 is 0. The third-order valence-corrected chi connectivity index (χ3v) is 3.19. The molecule has 1 saturated carbocycles. The molecule has 0 spiro atoms. The summed E-state index contributed by atoms with van der Waals surface area (Å²) in [6, 6.07) is 0. The highest BCUT2D eigenvalue weighted by Crippen LogP contribution is 2.45. The van der Waals surface area contributed by atoms with Gasteiger partial charge in [0.05, 0.1) is 0 Å². The maximum atomic E-state index is 11.5. The SMILES string of the molecule is C[C@@]12CC(=O)C=C[C@H]1CCC2=O. The first-order chi connectivity index (χ1) is 5.63. The van der Waals surface area contributed by atoms with E-state index < -0.39 is 0 Å². The van der Waals surface area contributed by atoms with E-state index >= 15 is 0 Å². The molecule has 0 saturated heterocycles. The fourth-order valence-electron chi connectivity index (χ4n) is 2.28. The topological polar surface area (TPSA) is 34.1 Å². The highest BCUT2D eigenvalue weighted by atomic mass is 16.1. The highest BCUT2D eigenvalue weighted by molar-refractivity contribution is 5.98. The van der Waals surface area contributed by atoms with Gasteiger partial charge in [0, 0.05) is 18.3 Å². The van der Waals surface area contributed by atoms with Crippen LogP contribution in [0.15, 0.2) is 12.2 Å². The lowest BCUT2D eigenvalue weighted by Crippen LogP contribution is -2.33. The van der Waals surface area contributed by atoms with Crippen LogP contribution in [0.2, 0.25) is 0 Å². The maximum absolute atomic E-state index is 11.5. The molecule has 0 N–H and O–H groups in total. The van der Waals surface area contributed by atoms with E-state index in [1.165, 1.54) is 0 Å². The average molecular weight is 164 g/mol. The van der Waals surface area contributed by atoms with Crippen molar-refractivity contribution in [1.82, 2.24) is 0 Å². The number of fused-ring (bicyclic) bond motifs is 1. The molecule has 0 aromatic rings. The number of ketones is 2. The molecular weight excluding hydrogens is 152 g/mol. The number of hydrogen-bond donors (Lipinski definition) is 0. The van der Waals surface area contributed by atoms with Crippen molar-refractivity contribution in [2.75, 3.05) is 0 Å². The van der Waals surface area contributed by atoms with Crippen molar-refractivity contribution in [2.45, 2.75) is 26.2 Å². The van der Waals surface area contributed by atoms with Crippen molar-refractivity contribution in [1.29, 1.82) is 0 Å². The van der Waals surface area contributed by atoms with Crippen LogP contribution in [0.4, 0.5) is 0 Å².